The van der Waals surface area contributed by atoms with Gasteiger partial charge in [-0.3, -0.25) is 0 Å². The van der Waals surface area contributed by atoms with Gasteiger partial charge in [-0.1, -0.05) is 184 Å². The lowest BCUT2D eigenvalue weighted by molar-refractivity contribution is 0.343. The molecule has 3 aliphatic rings. The first kappa shape index (κ1) is 40.8. The van der Waals surface area contributed by atoms with Crippen molar-refractivity contribution in [2.24, 2.45) is 0 Å². The number of rotatable bonds is 8. The summed E-state index contributed by atoms with van der Waals surface area (Å²) in [4.78, 5) is 0. The van der Waals surface area contributed by atoms with Gasteiger partial charge in [0.25, 0.3) is 0 Å². The van der Waals surface area contributed by atoms with Crippen molar-refractivity contribution in [1.29, 1.82) is 0 Å². The molecule has 0 unspecified atom stereocenters. The first-order valence-electron chi connectivity index (χ1n) is 23.7. The second kappa shape index (κ2) is 16.7. The topological polar surface area (TPSA) is 18.5 Å². The molecule has 0 heterocycles. The molecule has 0 N–H and O–H groups in total. The van der Waals surface area contributed by atoms with E-state index < -0.39 is 0 Å². The third-order valence-corrected chi connectivity index (χ3v) is 14.7. The highest BCUT2D eigenvalue weighted by atomic mass is 16.5. The van der Waals surface area contributed by atoms with Gasteiger partial charge < -0.3 is 9.47 Å². The molecule has 0 aliphatic heterocycles. The van der Waals surface area contributed by atoms with Crippen LogP contribution in [-0.2, 0) is 16.2 Å². The monoisotopic (exact) mass is 797 g/mol. The van der Waals surface area contributed by atoms with Crippen molar-refractivity contribution in [2.75, 3.05) is 0 Å². The summed E-state index contributed by atoms with van der Waals surface area (Å²) in [5, 5.41) is 4.97. The Balaban J connectivity index is 1.14. The van der Waals surface area contributed by atoms with E-state index in [1.807, 2.05) is 0 Å². The van der Waals surface area contributed by atoms with E-state index in [9.17, 15) is 0 Å². The Labute approximate surface area is 361 Å². The normalized spacial score (nSPS) is 18.2. The molecule has 2 nitrogen and oxygen atoms in total. The van der Waals surface area contributed by atoms with Gasteiger partial charge in [0.05, 0.1) is 0 Å². The summed E-state index contributed by atoms with van der Waals surface area (Å²) in [6, 6.07) is 41.6. The van der Waals surface area contributed by atoms with Crippen molar-refractivity contribution in [3.05, 3.63) is 143 Å². The zero-order valence-electron chi connectivity index (χ0n) is 37.5. The smallest absolute Gasteiger partial charge is 0.135 e. The molecule has 0 atom stereocenters. The predicted molar refractivity (Wildman–Crippen MR) is 254 cm³/mol. The molecule has 0 amide bonds. The zero-order chi connectivity index (χ0) is 41.5. The molecule has 6 aromatic rings. The van der Waals surface area contributed by atoms with Crippen LogP contribution < -0.4 is 9.47 Å². The first-order chi connectivity index (χ1) is 29.0. The van der Waals surface area contributed by atoms with Gasteiger partial charge in [-0.05, 0) is 130 Å². The van der Waals surface area contributed by atoms with Crippen LogP contribution in [0.25, 0.3) is 21.5 Å². The van der Waals surface area contributed by atoms with Gasteiger partial charge in [-0.15, -0.1) is 0 Å². The van der Waals surface area contributed by atoms with E-state index in [1.165, 1.54) is 151 Å². The van der Waals surface area contributed by atoms with E-state index in [0.717, 1.165) is 23.0 Å². The molecular formula is C58H68O2. The van der Waals surface area contributed by atoms with E-state index in [1.54, 1.807) is 0 Å². The number of ether oxygens (including phenoxy) is 2. The van der Waals surface area contributed by atoms with Crippen LogP contribution in [0.2, 0.25) is 0 Å². The van der Waals surface area contributed by atoms with Gasteiger partial charge in [-0.2, -0.15) is 0 Å². The Morgan fingerprint density at radius 1 is 0.400 bits per heavy atom. The van der Waals surface area contributed by atoms with Crippen molar-refractivity contribution < 1.29 is 9.47 Å². The van der Waals surface area contributed by atoms with Crippen LogP contribution in [0.1, 0.15) is 183 Å². The fourth-order valence-electron chi connectivity index (χ4n) is 11.5. The minimum atomic E-state index is -0.0374. The molecule has 312 valence electrons. The lowest BCUT2D eigenvalue weighted by atomic mass is 9.64. The Kier molecular flexibility index (Phi) is 11.4. The average Bonchev–Trinajstić information content (AvgIpc) is 3.27. The van der Waals surface area contributed by atoms with Crippen LogP contribution in [0.15, 0.2) is 109 Å². The largest absolute Gasteiger partial charge is 0.456 e. The molecular weight excluding hydrogens is 729 g/mol. The van der Waals surface area contributed by atoms with E-state index >= 15 is 0 Å². The second-order valence-electron chi connectivity index (χ2n) is 20.8. The van der Waals surface area contributed by atoms with E-state index in [0.29, 0.717) is 11.8 Å². The summed E-state index contributed by atoms with van der Waals surface area (Å²) in [5.74, 6) is 5.04. The first-order valence-corrected chi connectivity index (χ1v) is 23.7. The molecule has 0 saturated heterocycles. The van der Waals surface area contributed by atoms with Crippen molar-refractivity contribution in [1.82, 2.24) is 0 Å². The highest BCUT2D eigenvalue weighted by Crippen LogP contribution is 2.51. The average molecular weight is 797 g/mol. The van der Waals surface area contributed by atoms with Crippen molar-refractivity contribution in [2.45, 2.75) is 166 Å². The highest BCUT2D eigenvalue weighted by Gasteiger charge is 2.38. The maximum Gasteiger partial charge on any atom is 0.135 e. The van der Waals surface area contributed by atoms with Crippen LogP contribution in [0.3, 0.4) is 0 Å². The Morgan fingerprint density at radius 2 is 0.767 bits per heavy atom. The molecule has 3 fully saturated rings. The fourth-order valence-corrected chi connectivity index (χ4v) is 11.5. The van der Waals surface area contributed by atoms with Crippen LogP contribution in [0.5, 0.6) is 23.0 Å². The molecule has 0 radical (unpaired) electrons. The van der Waals surface area contributed by atoms with Gasteiger partial charge in [0.15, 0.2) is 0 Å². The minimum Gasteiger partial charge on any atom is -0.456 e. The molecule has 60 heavy (non-hydrogen) atoms. The lowest BCUT2D eigenvalue weighted by Crippen LogP contribution is -2.31. The standard InChI is InChI=1S/C58H68O2/c1-56(2,3)50-30-34-52(46-26-16-14-24-44(46)50)59-54-32-28-42(38-48(54)40-20-10-7-11-21-40)58(36-18-9-19-37-58)43-29-33-55(49(39-43)41-22-12-8-13-23-41)60-53-35-31-51(57(4,5)6)45-25-15-17-27-47(45)53/h14-17,24-35,38-41H,7-13,18-23,36-37H2,1-6H3. The van der Waals surface area contributed by atoms with Crippen molar-refractivity contribution >= 4 is 21.5 Å². The zero-order valence-corrected chi connectivity index (χ0v) is 37.5. The van der Waals surface area contributed by atoms with Gasteiger partial charge in [0.2, 0.25) is 0 Å². The van der Waals surface area contributed by atoms with E-state index in [2.05, 4.69) is 151 Å². The third kappa shape index (κ3) is 8.01. The van der Waals surface area contributed by atoms with Gasteiger partial charge >= 0.3 is 0 Å². The summed E-state index contributed by atoms with van der Waals surface area (Å²) < 4.78 is 14.3. The fraction of sp³-hybridized carbons (Fsp3) is 0.448. The molecule has 0 bridgehead atoms. The minimum absolute atomic E-state index is 0.0374. The Bertz CT molecular complexity index is 2290. The van der Waals surface area contributed by atoms with Crippen LogP contribution in [-0.4, -0.2) is 0 Å². The maximum absolute atomic E-state index is 7.14. The Hall–Kier alpha value is -4.56. The van der Waals surface area contributed by atoms with Crippen LogP contribution >= 0.6 is 0 Å². The second-order valence-corrected chi connectivity index (χ2v) is 20.8. The summed E-state index contributed by atoms with van der Waals surface area (Å²) >= 11 is 0. The molecule has 2 heteroatoms. The van der Waals surface area contributed by atoms with Crippen LogP contribution in [0, 0.1) is 0 Å². The van der Waals surface area contributed by atoms with E-state index in [4.69, 9.17) is 9.47 Å². The number of hydrogen-bond donors (Lipinski definition) is 0. The van der Waals surface area contributed by atoms with Gasteiger partial charge in [-0.25, -0.2) is 0 Å². The molecule has 0 aromatic heterocycles. The molecule has 6 aromatic carbocycles. The maximum atomic E-state index is 7.14. The van der Waals surface area contributed by atoms with E-state index in [-0.39, 0.29) is 16.2 Å². The summed E-state index contributed by atoms with van der Waals surface area (Å²) in [6.07, 6.45) is 19.0. The quantitative estimate of drug-likeness (QED) is 0.153. The van der Waals surface area contributed by atoms with Crippen molar-refractivity contribution in [3.8, 4) is 23.0 Å². The summed E-state index contributed by atoms with van der Waals surface area (Å²) in [5.41, 5.74) is 8.59. The summed E-state index contributed by atoms with van der Waals surface area (Å²) in [7, 11) is 0. The predicted octanol–water partition coefficient (Wildman–Crippen LogP) is 17.5. The summed E-state index contributed by atoms with van der Waals surface area (Å²) in [6.45, 7) is 13.8. The third-order valence-electron chi connectivity index (χ3n) is 14.7. The SMILES string of the molecule is CC(C)(C)c1ccc(Oc2ccc(C3(c4ccc(Oc5ccc(C(C)(C)C)c6ccccc56)c(C5CCCCC5)c4)CCCCC3)cc2C2CCCCC2)c2ccccc12. The van der Waals surface area contributed by atoms with Crippen LogP contribution in [0.4, 0.5) is 0 Å². The Morgan fingerprint density at radius 3 is 1.17 bits per heavy atom. The molecule has 0 spiro atoms. The van der Waals surface area contributed by atoms with Crippen molar-refractivity contribution in [3.63, 3.8) is 0 Å². The molecule has 9 rings (SSSR count). The number of hydrogen-bond acceptors (Lipinski definition) is 2. The number of benzene rings is 6. The molecule has 3 saturated carbocycles. The highest BCUT2D eigenvalue weighted by molar-refractivity contribution is 5.93. The van der Waals surface area contributed by atoms with Gasteiger partial charge in [0, 0.05) is 16.2 Å². The van der Waals surface area contributed by atoms with Gasteiger partial charge in [0.1, 0.15) is 23.0 Å². The number of fused-ring (bicyclic) bond motifs is 2. The lowest BCUT2D eigenvalue weighted by Gasteiger charge is -2.40. The molecule has 3 aliphatic carbocycles.